The standard InChI is InChI=1S/C48H41FN8O6S3.HI/c1-30-37(65-38-25-55(2)29-56(30)38)24-21-32-27-64-45-40(44(59)57(45)41(32)46(60)62-26-31-19-22-36(61-3)23-20-31)50-43(58)39(53-63-28-49)42-51-47(66-54-42)52-48(33-13-7-4-8-14-33,34-15-9-5-10-16-34)35-17-11-6-12-18-35;/h4-25,29,40,45H,26-28H2,1-3H3,(H-,50,51,52,54,58);1H/b24-21?,53-39-;/t40-,45-;/m1./s1. The molecule has 19 heteroatoms. The number of thioether (sulfide) groups is 1. The number of hydrogen-bond acceptors (Lipinski definition) is 13. The number of nitrogens with zero attached hydrogens (tertiary/aromatic N) is 6. The van der Waals surface area contributed by atoms with E-state index in [0.29, 0.717) is 22.2 Å². The summed E-state index contributed by atoms with van der Waals surface area (Å²) in [5.74, 6) is -1.29. The number of allylic oxidation sites excluding steroid dienone is 1. The molecule has 4 aromatic carbocycles. The molecule has 0 bridgehead atoms. The molecule has 2 aliphatic heterocycles. The Balaban J connectivity index is 0.00000608. The number of aryl methyl sites for hydroxylation is 2. The van der Waals surface area contributed by atoms with Crippen molar-refractivity contribution in [1.82, 2.24) is 24.0 Å². The monoisotopic (exact) mass is 1070 g/mol. The number of aromatic nitrogens is 4. The lowest BCUT2D eigenvalue weighted by Crippen LogP contribution is -3.00. The van der Waals surface area contributed by atoms with Crippen LogP contribution in [0.4, 0.5) is 9.52 Å². The van der Waals surface area contributed by atoms with E-state index in [1.165, 1.54) is 16.7 Å². The number of hydrogen-bond donors (Lipinski definition) is 2. The van der Waals surface area contributed by atoms with E-state index < -0.39 is 47.3 Å². The number of ether oxygens (including phenoxy) is 2. The Morgan fingerprint density at radius 2 is 1.60 bits per heavy atom. The largest absolute Gasteiger partial charge is 1.00 e. The Kier molecular flexibility index (Phi) is 14.5. The number of fused-ring (bicyclic) bond motifs is 2. The van der Waals surface area contributed by atoms with E-state index in [2.05, 4.69) is 29.5 Å². The average molecular weight is 1070 g/mol. The maximum absolute atomic E-state index is 14.2. The number of methoxy groups -OCH3 is 1. The predicted octanol–water partition coefficient (Wildman–Crippen LogP) is 4.16. The van der Waals surface area contributed by atoms with Gasteiger partial charge in [0.2, 0.25) is 27.8 Å². The minimum atomic E-state index is -1.33. The summed E-state index contributed by atoms with van der Waals surface area (Å²) in [6.07, 6.45) is 7.79. The topological polar surface area (TPSA) is 153 Å². The zero-order valence-electron chi connectivity index (χ0n) is 36.2. The smallest absolute Gasteiger partial charge is 0.355 e. The molecule has 1 fully saturated rings. The van der Waals surface area contributed by atoms with Crippen LogP contribution in [0.25, 0.3) is 10.9 Å². The maximum atomic E-state index is 14.2. The van der Waals surface area contributed by atoms with Crippen molar-refractivity contribution in [1.29, 1.82) is 0 Å². The Bertz CT molecular complexity index is 2900. The molecule has 67 heavy (non-hydrogen) atoms. The maximum Gasteiger partial charge on any atom is 0.355 e. The number of rotatable bonds is 16. The molecule has 2 amide bonds. The first-order chi connectivity index (χ1) is 32.2. The molecule has 2 atom stereocenters. The summed E-state index contributed by atoms with van der Waals surface area (Å²) in [5, 5.41) is 9.78. The highest BCUT2D eigenvalue weighted by Gasteiger charge is 2.54. The van der Waals surface area contributed by atoms with E-state index in [4.69, 9.17) is 14.3 Å². The van der Waals surface area contributed by atoms with Crippen molar-refractivity contribution in [3.8, 4) is 5.75 Å². The van der Waals surface area contributed by atoms with Gasteiger partial charge in [0.1, 0.15) is 46.9 Å². The molecule has 0 spiro atoms. The number of esters is 1. The van der Waals surface area contributed by atoms with Crippen LogP contribution in [-0.2, 0) is 43.2 Å². The van der Waals surface area contributed by atoms with Gasteiger partial charge in [-0.1, -0.05) is 126 Å². The zero-order valence-corrected chi connectivity index (χ0v) is 40.8. The number of amides is 2. The quantitative estimate of drug-likeness (QED) is 0.0275. The third-order valence-corrected chi connectivity index (χ3v) is 14.3. The second kappa shape index (κ2) is 20.6. The summed E-state index contributed by atoms with van der Waals surface area (Å²) in [4.78, 5) is 55.2. The molecule has 1 saturated heterocycles. The van der Waals surface area contributed by atoms with Crippen LogP contribution in [0, 0.1) is 6.92 Å². The van der Waals surface area contributed by atoms with Crippen LogP contribution in [0.3, 0.4) is 0 Å². The van der Waals surface area contributed by atoms with Gasteiger partial charge in [-0.2, -0.15) is 13.8 Å². The molecule has 2 N–H and O–H groups in total. The highest BCUT2D eigenvalue weighted by molar-refractivity contribution is 8.00. The van der Waals surface area contributed by atoms with Gasteiger partial charge >= 0.3 is 5.97 Å². The Morgan fingerprint density at radius 3 is 2.19 bits per heavy atom. The number of halogens is 2. The summed E-state index contributed by atoms with van der Waals surface area (Å²) in [6.45, 7) is 0.634. The molecule has 0 radical (unpaired) electrons. The number of carbonyl (C=O) groups excluding carboxylic acids is 3. The molecule has 342 valence electrons. The van der Waals surface area contributed by atoms with Crippen molar-refractivity contribution in [3.63, 3.8) is 0 Å². The second-order valence-corrected chi connectivity index (χ2v) is 18.2. The average Bonchev–Trinajstić information content (AvgIpc) is 4.06. The number of β-lactam (4-membered cyclic amide) rings is 1. The van der Waals surface area contributed by atoms with Crippen molar-refractivity contribution >= 4 is 74.2 Å². The molecule has 0 aliphatic carbocycles. The van der Waals surface area contributed by atoms with E-state index in [9.17, 15) is 18.8 Å². The van der Waals surface area contributed by atoms with Crippen molar-refractivity contribution in [3.05, 3.63) is 184 Å². The molecular formula is C48H42FIN8O6S3. The van der Waals surface area contributed by atoms with Crippen LogP contribution in [0.5, 0.6) is 5.75 Å². The lowest BCUT2D eigenvalue weighted by atomic mass is 9.77. The fraction of sp³-hybridized carbons (Fsp3) is 0.188. The molecule has 14 nitrogen and oxygen atoms in total. The number of thiazole rings is 1. The Morgan fingerprint density at radius 1 is 0.955 bits per heavy atom. The zero-order chi connectivity index (χ0) is 45.8. The summed E-state index contributed by atoms with van der Waals surface area (Å²) in [5.41, 5.74) is 3.75. The van der Waals surface area contributed by atoms with E-state index in [-0.39, 0.29) is 42.1 Å². The second-order valence-electron chi connectivity index (χ2n) is 15.2. The van der Waals surface area contributed by atoms with Gasteiger partial charge < -0.3 is 48.9 Å². The normalized spacial score (nSPS) is 16.0. The fourth-order valence-corrected chi connectivity index (χ4v) is 11.0. The van der Waals surface area contributed by atoms with Crippen molar-refractivity contribution < 1.29 is 61.6 Å². The SMILES string of the molecule is COc1ccc(COC(=O)C2=C(C=Cc3sc4c[n+](C)cn4c3C)CS[C@@H]3[C@H](NC(=O)/C(=N\OCF)c4nsc(NC(c5ccccc5)(c5ccccc5)c5ccccc5)n4)C(=O)N23)cc1.[I-]. The molecule has 9 rings (SSSR count). The first kappa shape index (κ1) is 47.1. The molecule has 7 aromatic rings. The van der Waals surface area contributed by atoms with Crippen molar-refractivity contribution in [2.75, 3.05) is 25.0 Å². The van der Waals surface area contributed by atoms with Crippen LogP contribution in [-0.4, -0.2) is 73.3 Å². The number of carbonyl (C=O) groups is 3. The van der Waals surface area contributed by atoms with Gasteiger partial charge in [-0.15, -0.1) is 11.8 Å². The molecule has 0 saturated carbocycles. The van der Waals surface area contributed by atoms with Crippen LogP contribution < -0.4 is 43.9 Å². The number of oxime groups is 1. The van der Waals surface area contributed by atoms with Crippen LogP contribution in [0.2, 0.25) is 0 Å². The highest BCUT2D eigenvalue weighted by atomic mass is 127. The van der Waals surface area contributed by atoms with Gasteiger partial charge in [-0.05, 0) is 53.0 Å². The number of nitrogens with one attached hydrogen (secondary N) is 2. The van der Waals surface area contributed by atoms with Crippen molar-refractivity contribution in [2.45, 2.75) is 30.5 Å². The minimum Gasteiger partial charge on any atom is -1.00 e. The van der Waals surface area contributed by atoms with Gasteiger partial charge in [-0.3, -0.25) is 14.5 Å². The third kappa shape index (κ3) is 9.45. The number of alkyl halides is 1. The lowest BCUT2D eigenvalue weighted by Gasteiger charge is -2.49. The molecule has 5 heterocycles. The van der Waals surface area contributed by atoms with Crippen LogP contribution >= 0.6 is 34.6 Å². The molecular weight excluding hydrogens is 1030 g/mol. The van der Waals surface area contributed by atoms with E-state index in [0.717, 1.165) is 49.2 Å². The first-order valence-corrected chi connectivity index (χ1v) is 23.3. The minimum absolute atomic E-state index is 0. The third-order valence-electron chi connectivity index (χ3n) is 11.2. The lowest BCUT2D eigenvalue weighted by molar-refractivity contribution is -0.670. The van der Waals surface area contributed by atoms with Crippen LogP contribution in [0.1, 0.15) is 38.6 Å². The fourth-order valence-electron chi connectivity index (χ4n) is 7.97. The molecule has 0 unspecified atom stereocenters. The van der Waals surface area contributed by atoms with Gasteiger partial charge in [0.15, 0.2) is 0 Å². The van der Waals surface area contributed by atoms with Gasteiger partial charge in [0, 0.05) is 17.3 Å². The van der Waals surface area contributed by atoms with Gasteiger partial charge in [0.25, 0.3) is 18.7 Å². The first-order valence-electron chi connectivity index (χ1n) is 20.7. The van der Waals surface area contributed by atoms with Crippen LogP contribution in [0.15, 0.2) is 150 Å². The number of benzene rings is 4. The summed E-state index contributed by atoms with van der Waals surface area (Å²) in [7, 11) is 3.53. The molecule has 3 aromatic heterocycles. The predicted molar refractivity (Wildman–Crippen MR) is 251 cm³/mol. The van der Waals surface area contributed by atoms with Gasteiger partial charge in [0.05, 0.1) is 19.0 Å². The number of imidazole rings is 1. The van der Waals surface area contributed by atoms with E-state index >= 15 is 0 Å². The Hall–Kier alpha value is -6.42. The summed E-state index contributed by atoms with van der Waals surface area (Å²) >= 11 is 3.95. The Labute approximate surface area is 414 Å². The van der Waals surface area contributed by atoms with Crippen molar-refractivity contribution in [2.24, 2.45) is 12.2 Å². The summed E-state index contributed by atoms with van der Waals surface area (Å²) in [6, 6.07) is 35.6. The van der Waals surface area contributed by atoms with Gasteiger partial charge in [-0.25, -0.2) is 13.8 Å². The highest BCUT2D eigenvalue weighted by Crippen LogP contribution is 2.43. The summed E-state index contributed by atoms with van der Waals surface area (Å²) < 4.78 is 33.1. The van der Waals surface area contributed by atoms with E-state index in [1.54, 1.807) is 42.7 Å². The number of anilines is 1. The van der Waals surface area contributed by atoms with E-state index in [1.807, 2.05) is 134 Å². The molecule has 2 aliphatic rings.